The number of hydrogen-bond donors (Lipinski definition) is 2. The Kier molecular flexibility index (Phi) is 4.75. The fourth-order valence-electron chi connectivity index (χ4n) is 2.14. The molecule has 0 bridgehead atoms. The number of aryl methyl sites for hydroxylation is 1. The van der Waals surface area contributed by atoms with Gasteiger partial charge >= 0.3 is 0 Å². The fraction of sp³-hybridized carbons (Fsp3) is 0.235. The first-order valence-corrected chi connectivity index (χ1v) is 6.67. The highest BCUT2D eigenvalue weighted by Gasteiger charge is 2.14. The topological polar surface area (TPSA) is 56.0 Å². The average molecular weight is 266 g/mol. The van der Waals surface area contributed by atoms with Crippen LogP contribution in [0.25, 0.3) is 0 Å². The zero-order valence-electron chi connectivity index (χ0n) is 11.5. The Morgan fingerprint density at radius 3 is 2.65 bits per heavy atom. The SMILES string of the molecule is Cc1ccc(O)c(C(C#N)NCCc2ccccc2)c1. The van der Waals surface area contributed by atoms with E-state index in [1.165, 1.54) is 5.56 Å². The molecule has 1 atom stereocenters. The van der Waals surface area contributed by atoms with Crippen LogP contribution < -0.4 is 5.32 Å². The Bertz CT molecular complexity index is 602. The molecule has 1 unspecified atom stereocenters. The third-order valence-corrected chi connectivity index (χ3v) is 3.23. The van der Waals surface area contributed by atoms with Crippen molar-refractivity contribution < 1.29 is 5.11 Å². The Morgan fingerprint density at radius 2 is 1.95 bits per heavy atom. The van der Waals surface area contributed by atoms with Gasteiger partial charge in [0.25, 0.3) is 0 Å². The maximum atomic E-state index is 9.86. The molecule has 3 nitrogen and oxygen atoms in total. The number of benzene rings is 2. The second kappa shape index (κ2) is 6.74. The van der Waals surface area contributed by atoms with Gasteiger partial charge in [-0.05, 0) is 31.0 Å². The molecule has 0 aliphatic heterocycles. The Balaban J connectivity index is 1.99. The van der Waals surface area contributed by atoms with Gasteiger partial charge in [-0.15, -0.1) is 0 Å². The van der Waals surface area contributed by atoms with Gasteiger partial charge < -0.3 is 5.11 Å². The molecule has 3 heteroatoms. The predicted molar refractivity (Wildman–Crippen MR) is 79.3 cm³/mol. The van der Waals surface area contributed by atoms with Crippen molar-refractivity contribution in [2.75, 3.05) is 6.54 Å². The van der Waals surface area contributed by atoms with Crippen LogP contribution in [-0.2, 0) is 6.42 Å². The zero-order chi connectivity index (χ0) is 14.4. The molecule has 0 fully saturated rings. The maximum Gasteiger partial charge on any atom is 0.124 e. The van der Waals surface area contributed by atoms with E-state index < -0.39 is 6.04 Å². The van der Waals surface area contributed by atoms with Gasteiger partial charge in [0.1, 0.15) is 11.8 Å². The number of phenolic OH excluding ortho intramolecular Hbond substituents is 1. The van der Waals surface area contributed by atoms with Crippen molar-refractivity contribution in [1.82, 2.24) is 5.32 Å². The largest absolute Gasteiger partial charge is 0.508 e. The zero-order valence-corrected chi connectivity index (χ0v) is 11.5. The molecule has 0 radical (unpaired) electrons. The molecule has 2 N–H and O–H groups in total. The Hall–Kier alpha value is -2.31. The summed E-state index contributed by atoms with van der Waals surface area (Å²) in [5, 5.41) is 22.3. The lowest BCUT2D eigenvalue weighted by molar-refractivity contribution is 0.459. The molecule has 0 heterocycles. The summed E-state index contributed by atoms with van der Waals surface area (Å²) in [4.78, 5) is 0. The van der Waals surface area contributed by atoms with Crippen molar-refractivity contribution in [3.05, 3.63) is 65.2 Å². The first kappa shape index (κ1) is 14.1. The van der Waals surface area contributed by atoms with Gasteiger partial charge in [0.05, 0.1) is 6.07 Å². The van der Waals surface area contributed by atoms with E-state index in [0.29, 0.717) is 12.1 Å². The molecule has 20 heavy (non-hydrogen) atoms. The molecular weight excluding hydrogens is 248 g/mol. The molecule has 2 aromatic carbocycles. The van der Waals surface area contributed by atoms with Crippen LogP contribution in [0.1, 0.15) is 22.7 Å². The summed E-state index contributed by atoms with van der Waals surface area (Å²) in [5.41, 5.74) is 2.90. The normalized spacial score (nSPS) is 11.8. The minimum atomic E-state index is -0.487. The lowest BCUT2D eigenvalue weighted by atomic mass is 10.0. The maximum absolute atomic E-state index is 9.86. The van der Waals surface area contributed by atoms with Gasteiger partial charge in [0.15, 0.2) is 0 Å². The lowest BCUT2D eigenvalue weighted by Gasteiger charge is -2.14. The molecule has 0 spiro atoms. The van der Waals surface area contributed by atoms with Crippen LogP contribution in [0.4, 0.5) is 0 Å². The van der Waals surface area contributed by atoms with Crippen LogP contribution in [-0.4, -0.2) is 11.7 Å². The standard InChI is InChI=1S/C17H18N2O/c1-13-7-8-17(20)15(11-13)16(12-18)19-10-9-14-5-3-2-4-6-14/h2-8,11,16,19-20H,9-10H2,1H3. The van der Waals surface area contributed by atoms with E-state index in [4.69, 9.17) is 0 Å². The summed E-state index contributed by atoms with van der Waals surface area (Å²) in [7, 11) is 0. The van der Waals surface area contributed by atoms with E-state index >= 15 is 0 Å². The van der Waals surface area contributed by atoms with E-state index in [-0.39, 0.29) is 5.75 Å². The van der Waals surface area contributed by atoms with Crippen LogP contribution in [0, 0.1) is 18.3 Å². The van der Waals surface area contributed by atoms with Gasteiger partial charge in [-0.3, -0.25) is 5.32 Å². The number of rotatable bonds is 5. The van der Waals surface area contributed by atoms with Crippen LogP contribution >= 0.6 is 0 Å². The van der Waals surface area contributed by atoms with Crippen LogP contribution in [0.5, 0.6) is 5.75 Å². The molecule has 2 rings (SSSR count). The highest BCUT2D eigenvalue weighted by molar-refractivity contribution is 5.40. The molecule has 0 saturated carbocycles. The van der Waals surface area contributed by atoms with E-state index in [2.05, 4.69) is 23.5 Å². The number of hydrogen-bond acceptors (Lipinski definition) is 3. The van der Waals surface area contributed by atoms with Crippen molar-refractivity contribution in [3.8, 4) is 11.8 Å². The fourth-order valence-corrected chi connectivity index (χ4v) is 2.14. The molecule has 0 aliphatic carbocycles. The molecule has 0 aromatic heterocycles. The summed E-state index contributed by atoms with van der Waals surface area (Å²) in [5.74, 6) is 0.161. The van der Waals surface area contributed by atoms with Crippen molar-refractivity contribution in [2.45, 2.75) is 19.4 Å². The third kappa shape index (κ3) is 3.59. The Labute approximate surface area is 119 Å². The smallest absolute Gasteiger partial charge is 0.124 e. The third-order valence-electron chi connectivity index (χ3n) is 3.23. The highest BCUT2D eigenvalue weighted by Crippen LogP contribution is 2.24. The quantitative estimate of drug-likeness (QED) is 0.874. The van der Waals surface area contributed by atoms with Gasteiger partial charge in [-0.1, -0.05) is 42.0 Å². The summed E-state index contributed by atoms with van der Waals surface area (Å²) in [6.07, 6.45) is 0.853. The minimum absolute atomic E-state index is 0.161. The van der Waals surface area contributed by atoms with Gasteiger partial charge in [-0.25, -0.2) is 0 Å². The molecule has 0 amide bonds. The molecule has 0 saturated heterocycles. The first-order valence-electron chi connectivity index (χ1n) is 6.67. The predicted octanol–water partition coefficient (Wildman–Crippen LogP) is 3.10. The van der Waals surface area contributed by atoms with Crippen LogP contribution in [0.2, 0.25) is 0 Å². The lowest BCUT2D eigenvalue weighted by Crippen LogP contribution is -2.22. The van der Waals surface area contributed by atoms with Crippen molar-refractivity contribution in [2.24, 2.45) is 0 Å². The second-order valence-corrected chi connectivity index (χ2v) is 4.81. The van der Waals surface area contributed by atoms with E-state index in [1.54, 1.807) is 6.07 Å². The summed E-state index contributed by atoms with van der Waals surface area (Å²) in [6.45, 7) is 2.64. The first-order chi connectivity index (χ1) is 9.70. The molecular formula is C17H18N2O. The number of nitrogens with one attached hydrogen (secondary N) is 1. The molecule has 102 valence electrons. The van der Waals surface area contributed by atoms with E-state index in [0.717, 1.165) is 12.0 Å². The van der Waals surface area contributed by atoms with Gasteiger partial charge in [-0.2, -0.15) is 5.26 Å². The van der Waals surface area contributed by atoms with Crippen molar-refractivity contribution in [1.29, 1.82) is 5.26 Å². The number of nitrogens with zero attached hydrogens (tertiary/aromatic N) is 1. The van der Waals surface area contributed by atoms with Gasteiger partial charge in [0.2, 0.25) is 0 Å². The highest BCUT2D eigenvalue weighted by atomic mass is 16.3. The van der Waals surface area contributed by atoms with Crippen molar-refractivity contribution in [3.63, 3.8) is 0 Å². The molecule has 0 aliphatic rings. The number of aromatic hydroxyl groups is 1. The number of phenols is 1. The van der Waals surface area contributed by atoms with Crippen LogP contribution in [0.15, 0.2) is 48.5 Å². The second-order valence-electron chi connectivity index (χ2n) is 4.81. The Morgan fingerprint density at radius 1 is 1.20 bits per heavy atom. The summed E-state index contributed by atoms with van der Waals surface area (Å²) in [6, 6.07) is 17.1. The average Bonchev–Trinajstić information content (AvgIpc) is 2.48. The van der Waals surface area contributed by atoms with E-state index in [1.807, 2.05) is 37.3 Å². The monoisotopic (exact) mass is 266 g/mol. The minimum Gasteiger partial charge on any atom is -0.508 e. The van der Waals surface area contributed by atoms with Crippen molar-refractivity contribution >= 4 is 0 Å². The van der Waals surface area contributed by atoms with E-state index in [9.17, 15) is 10.4 Å². The van der Waals surface area contributed by atoms with Gasteiger partial charge in [0, 0.05) is 12.1 Å². The molecule has 2 aromatic rings. The van der Waals surface area contributed by atoms with Crippen LogP contribution in [0.3, 0.4) is 0 Å². The number of nitriles is 1. The summed E-state index contributed by atoms with van der Waals surface area (Å²) < 4.78 is 0. The summed E-state index contributed by atoms with van der Waals surface area (Å²) >= 11 is 0.